The van der Waals surface area contributed by atoms with Gasteiger partial charge in [-0.2, -0.15) is 0 Å². The van der Waals surface area contributed by atoms with E-state index >= 15 is 0 Å². The van der Waals surface area contributed by atoms with E-state index < -0.39 is 11.0 Å². The smallest absolute Gasteiger partial charge is 0.271 e. The number of anilines is 2. The van der Waals surface area contributed by atoms with Gasteiger partial charge in [-0.3, -0.25) is 14.9 Å². The van der Waals surface area contributed by atoms with Crippen molar-refractivity contribution in [3.8, 4) is 5.75 Å². The average molecular weight is 404 g/mol. The summed E-state index contributed by atoms with van der Waals surface area (Å²) in [4.78, 5) is 25.0. The Morgan fingerprint density at radius 3 is 2.46 bits per heavy atom. The van der Waals surface area contributed by atoms with Crippen molar-refractivity contribution in [1.82, 2.24) is 0 Å². The summed E-state index contributed by atoms with van der Waals surface area (Å²) in [6.07, 6.45) is 2.87. The van der Waals surface area contributed by atoms with Crippen LogP contribution in [0.4, 0.5) is 17.1 Å². The van der Waals surface area contributed by atoms with E-state index in [0.29, 0.717) is 5.69 Å². The lowest BCUT2D eigenvalue weighted by atomic mass is 10.1. The van der Waals surface area contributed by atoms with Crippen LogP contribution in [0, 0.1) is 10.1 Å². The van der Waals surface area contributed by atoms with Gasteiger partial charge in [0.1, 0.15) is 5.75 Å². The first-order valence-electron chi connectivity index (χ1n) is 9.20. The van der Waals surface area contributed by atoms with Gasteiger partial charge in [0.2, 0.25) is 0 Å². The zero-order valence-corrected chi connectivity index (χ0v) is 16.3. The van der Waals surface area contributed by atoms with Gasteiger partial charge in [-0.25, -0.2) is 0 Å². The van der Waals surface area contributed by atoms with Crippen molar-refractivity contribution in [2.45, 2.75) is 32.3 Å². The predicted molar refractivity (Wildman–Crippen MR) is 109 cm³/mol. The van der Waals surface area contributed by atoms with Gasteiger partial charge in [0.15, 0.2) is 6.10 Å². The quantitative estimate of drug-likeness (QED) is 0.560. The molecule has 0 aliphatic carbocycles. The number of piperidine rings is 1. The normalized spacial score (nSPS) is 15.0. The molecule has 1 unspecified atom stereocenters. The molecule has 1 saturated heterocycles. The molecule has 1 heterocycles. The maximum atomic E-state index is 12.4. The van der Waals surface area contributed by atoms with Crippen molar-refractivity contribution in [3.63, 3.8) is 0 Å². The van der Waals surface area contributed by atoms with Crippen LogP contribution < -0.4 is 15.0 Å². The summed E-state index contributed by atoms with van der Waals surface area (Å²) in [5.41, 5.74) is 1.69. The fraction of sp³-hybridized carbons (Fsp3) is 0.350. The van der Waals surface area contributed by atoms with E-state index in [1.165, 1.54) is 37.5 Å². The van der Waals surface area contributed by atoms with Crippen molar-refractivity contribution in [3.05, 3.63) is 57.6 Å². The molecule has 2 aromatic carbocycles. The van der Waals surface area contributed by atoms with Crippen molar-refractivity contribution >= 4 is 34.6 Å². The third-order valence-corrected chi connectivity index (χ3v) is 4.95. The second-order valence-electron chi connectivity index (χ2n) is 6.72. The number of hydrogen-bond donors (Lipinski definition) is 1. The lowest BCUT2D eigenvalue weighted by Gasteiger charge is -2.28. The highest BCUT2D eigenvalue weighted by molar-refractivity contribution is 6.32. The number of ether oxygens (including phenoxy) is 1. The van der Waals surface area contributed by atoms with Gasteiger partial charge in [-0.15, -0.1) is 0 Å². The second kappa shape index (κ2) is 8.93. The SMILES string of the molecule is CC(Oc1ccc([N+](=O)[O-])cc1Cl)C(=O)Nc1ccc(N2CCCCC2)cc1. The van der Waals surface area contributed by atoms with Crippen LogP contribution in [0.1, 0.15) is 26.2 Å². The summed E-state index contributed by atoms with van der Waals surface area (Å²) in [5.74, 6) is -0.115. The highest BCUT2D eigenvalue weighted by Gasteiger charge is 2.18. The molecule has 8 heteroatoms. The van der Waals surface area contributed by atoms with Gasteiger partial charge in [-0.05, 0) is 56.5 Å². The van der Waals surface area contributed by atoms with Crippen LogP contribution in [0.15, 0.2) is 42.5 Å². The average Bonchev–Trinajstić information content (AvgIpc) is 2.70. The van der Waals surface area contributed by atoms with Gasteiger partial charge >= 0.3 is 0 Å². The number of hydrogen-bond acceptors (Lipinski definition) is 5. The lowest BCUT2D eigenvalue weighted by molar-refractivity contribution is -0.384. The number of benzene rings is 2. The molecular weight excluding hydrogens is 382 g/mol. The molecule has 1 N–H and O–H groups in total. The highest BCUT2D eigenvalue weighted by Crippen LogP contribution is 2.29. The van der Waals surface area contributed by atoms with E-state index in [4.69, 9.17) is 16.3 Å². The van der Waals surface area contributed by atoms with E-state index in [1.54, 1.807) is 6.92 Å². The number of rotatable bonds is 6. The van der Waals surface area contributed by atoms with Gasteiger partial charge in [0, 0.05) is 36.6 Å². The minimum Gasteiger partial charge on any atom is -0.479 e. The molecule has 0 aromatic heterocycles. The zero-order chi connectivity index (χ0) is 20.1. The molecule has 0 bridgehead atoms. The first-order valence-corrected chi connectivity index (χ1v) is 9.58. The predicted octanol–water partition coefficient (Wildman–Crippen LogP) is 4.64. The number of nitrogens with zero attached hydrogens (tertiary/aromatic N) is 2. The number of amides is 1. The summed E-state index contributed by atoms with van der Waals surface area (Å²) in [7, 11) is 0. The minimum absolute atomic E-state index is 0.0831. The fourth-order valence-electron chi connectivity index (χ4n) is 3.09. The maximum absolute atomic E-state index is 12.4. The van der Waals surface area contributed by atoms with Crippen molar-refractivity contribution in [2.75, 3.05) is 23.3 Å². The Kier molecular flexibility index (Phi) is 6.36. The van der Waals surface area contributed by atoms with Crippen LogP contribution in [0.25, 0.3) is 0 Å². The van der Waals surface area contributed by atoms with Crippen LogP contribution in [0.5, 0.6) is 5.75 Å². The standard InChI is InChI=1S/C20H22ClN3O4/c1-14(28-19-10-9-17(24(26)27)13-18(19)21)20(25)22-15-5-7-16(8-6-15)23-11-3-2-4-12-23/h5-10,13-14H,2-4,11-12H2,1H3,(H,22,25). The molecule has 148 valence electrons. The molecule has 1 amide bonds. The van der Waals surface area contributed by atoms with E-state index in [1.807, 2.05) is 24.3 Å². The molecule has 28 heavy (non-hydrogen) atoms. The van der Waals surface area contributed by atoms with Crippen LogP contribution in [-0.4, -0.2) is 30.0 Å². The second-order valence-corrected chi connectivity index (χ2v) is 7.12. The molecule has 0 radical (unpaired) electrons. The van der Waals surface area contributed by atoms with E-state index in [9.17, 15) is 14.9 Å². The fourth-order valence-corrected chi connectivity index (χ4v) is 3.31. The summed E-state index contributed by atoms with van der Waals surface area (Å²) in [6, 6.07) is 11.6. The molecule has 0 saturated carbocycles. The number of halogens is 1. The van der Waals surface area contributed by atoms with Crippen LogP contribution in [0.2, 0.25) is 5.02 Å². The number of carbonyl (C=O) groups is 1. The van der Waals surface area contributed by atoms with Crippen LogP contribution in [-0.2, 0) is 4.79 Å². The Morgan fingerprint density at radius 1 is 1.18 bits per heavy atom. The Labute approximate surface area is 168 Å². The van der Waals surface area contributed by atoms with Crippen molar-refractivity contribution < 1.29 is 14.5 Å². The number of carbonyl (C=O) groups excluding carboxylic acids is 1. The summed E-state index contributed by atoms with van der Waals surface area (Å²) >= 11 is 6.01. The molecule has 1 aliphatic heterocycles. The number of nitro groups is 1. The highest BCUT2D eigenvalue weighted by atomic mass is 35.5. The first kappa shape index (κ1) is 19.9. The molecule has 2 aromatic rings. The summed E-state index contributed by atoms with van der Waals surface area (Å²) in [5, 5.41) is 13.7. The Balaban J connectivity index is 1.58. The minimum atomic E-state index is -0.819. The van der Waals surface area contributed by atoms with Gasteiger partial charge in [-0.1, -0.05) is 11.6 Å². The number of nitrogens with one attached hydrogen (secondary N) is 1. The monoisotopic (exact) mass is 403 g/mol. The molecule has 1 atom stereocenters. The van der Waals surface area contributed by atoms with Crippen LogP contribution >= 0.6 is 11.6 Å². The van der Waals surface area contributed by atoms with Gasteiger partial charge in [0.05, 0.1) is 9.95 Å². The van der Waals surface area contributed by atoms with Gasteiger partial charge < -0.3 is 15.0 Å². The first-order chi connectivity index (χ1) is 13.4. The topological polar surface area (TPSA) is 84.7 Å². The Hall–Kier alpha value is -2.80. The summed E-state index contributed by atoms with van der Waals surface area (Å²) < 4.78 is 5.56. The number of non-ortho nitro benzene ring substituents is 1. The van der Waals surface area contributed by atoms with E-state index in [2.05, 4.69) is 10.2 Å². The van der Waals surface area contributed by atoms with Crippen LogP contribution in [0.3, 0.4) is 0 Å². The molecular formula is C20H22ClN3O4. The number of nitro benzene ring substituents is 1. The third kappa shape index (κ3) is 4.92. The largest absolute Gasteiger partial charge is 0.479 e. The third-order valence-electron chi connectivity index (χ3n) is 4.66. The van der Waals surface area contributed by atoms with E-state index in [-0.39, 0.29) is 22.4 Å². The molecule has 3 rings (SSSR count). The van der Waals surface area contributed by atoms with Gasteiger partial charge in [0.25, 0.3) is 11.6 Å². The van der Waals surface area contributed by atoms with E-state index in [0.717, 1.165) is 18.8 Å². The zero-order valence-electron chi connectivity index (χ0n) is 15.6. The van der Waals surface area contributed by atoms with Crippen molar-refractivity contribution in [1.29, 1.82) is 0 Å². The van der Waals surface area contributed by atoms with Crippen molar-refractivity contribution in [2.24, 2.45) is 0 Å². The molecule has 7 nitrogen and oxygen atoms in total. The molecule has 1 fully saturated rings. The molecule has 1 aliphatic rings. The maximum Gasteiger partial charge on any atom is 0.271 e. The summed E-state index contributed by atoms with van der Waals surface area (Å²) in [6.45, 7) is 3.72. The molecule has 0 spiro atoms. The lowest BCUT2D eigenvalue weighted by Crippen LogP contribution is -2.30. The Bertz CT molecular complexity index is 851. The Morgan fingerprint density at radius 2 is 1.86 bits per heavy atom.